The molecule has 25 heavy (non-hydrogen) atoms. The summed E-state index contributed by atoms with van der Waals surface area (Å²) < 4.78 is 0. The van der Waals surface area contributed by atoms with Crippen molar-refractivity contribution < 1.29 is 4.79 Å². The molecule has 130 valence electrons. The zero-order valence-electron chi connectivity index (χ0n) is 13.6. The molecule has 0 aliphatic carbocycles. The van der Waals surface area contributed by atoms with E-state index in [0.29, 0.717) is 12.2 Å². The highest BCUT2D eigenvalue weighted by Gasteiger charge is 2.29. The van der Waals surface area contributed by atoms with Gasteiger partial charge in [-0.2, -0.15) is 5.10 Å². The number of halogens is 1. The second-order valence-electron chi connectivity index (χ2n) is 6.05. The van der Waals surface area contributed by atoms with Crippen molar-refractivity contribution in [1.29, 1.82) is 0 Å². The Kier molecular flexibility index (Phi) is 5.31. The first kappa shape index (κ1) is 17.4. The van der Waals surface area contributed by atoms with Crippen LogP contribution in [0.5, 0.6) is 0 Å². The highest BCUT2D eigenvalue weighted by molar-refractivity contribution is 5.85. The summed E-state index contributed by atoms with van der Waals surface area (Å²) in [4.78, 5) is 16.6. The highest BCUT2D eigenvalue weighted by Crippen LogP contribution is 2.26. The van der Waals surface area contributed by atoms with Crippen LogP contribution in [-0.4, -0.2) is 27.1 Å². The van der Waals surface area contributed by atoms with Gasteiger partial charge < -0.3 is 5.32 Å². The number of aromatic nitrogens is 3. The molecule has 2 atom stereocenters. The zero-order valence-corrected chi connectivity index (χ0v) is 14.4. The number of carbonyl (C=O) groups is 1. The Labute approximate surface area is 151 Å². The molecular formula is C18H20ClN5O. The number of carbonyl (C=O) groups excluding carboxylic acids is 1. The van der Waals surface area contributed by atoms with Crippen molar-refractivity contribution in [2.75, 3.05) is 0 Å². The summed E-state index contributed by atoms with van der Waals surface area (Å²) in [5.41, 5.74) is 2.78. The van der Waals surface area contributed by atoms with E-state index in [-0.39, 0.29) is 30.4 Å². The molecule has 2 aromatic heterocycles. The van der Waals surface area contributed by atoms with Crippen LogP contribution in [0.15, 0.2) is 48.7 Å². The molecule has 4 rings (SSSR count). The first-order chi connectivity index (χ1) is 11.8. The number of fused-ring (bicyclic) bond motifs is 1. The Balaban J connectivity index is 0.00000182. The maximum absolute atomic E-state index is 12.4. The number of benzene rings is 1. The minimum Gasteiger partial charge on any atom is -0.349 e. The summed E-state index contributed by atoms with van der Waals surface area (Å²) in [5, 5.41) is 14.4. The first-order valence-electron chi connectivity index (χ1n) is 8.18. The number of aromatic amines is 1. The molecule has 0 radical (unpaired) electrons. The van der Waals surface area contributed by atoms with Gasteiger partial charge in [-0.25, -0.2) is 4.98 Å². The predicted molar refractivity (Wildman–Crippen MR) is 98.3 cm³/mol. The third-order valence-electron chi connectivity index (χ3n) is 4.51. The van der Waals surface area contributed by atoms with Gasteiger partial charge in [0, 0.05) is 17.6 Å². The molecule has 6 nitrogen and oxygen atoms in total. The molecule has 3 N–H and O–H groups in total. The molecule has 0 spiro atoms. The maximum atomic E-state index is 12.4. The number of H-pyrrole nitrogens is 1. The number of hydrogen-bond donors (Lipinski definition) is 3. The zero-order chi connectivity index (χ0) is 16.4. The topological polar surface area (TPSA) is 82.7 Å². The van der Waals surface area contributed by atoms with Crippen LogP contribution in [0.1, 0.15) is 30.1 Å². The lowest BCUT2D eigenvalue weighted by Crippen LogP contribution is -2.40. The SMILES string of the molecule is Cl.O=C(NCc1[nH]nc2ncccc12)[C@H]1CC[C@H](c2ccccc2)N1. The van der Waals surface area contributed by atoms with Crippen molar-refractivity contribution >= 4 is 29.3 Å². The van der Waals surface area contributed by atoms with E-state index < -0.39 is 0 Å². The Morgan fingerprint density at radius 3 is 2.84 bits per heavy atom. The summed E-state index contributed by atoms with van der Waals surface area (Å²) in [6, 6.07) is 14.2. The van der Waals surface area contributed by atoms with Gasteiger partial charge in [-0.15, -0.1) is 12.4 Å². The lowest BCUT2D eigenvalue weighted by atomic mass is 10.1. The average Bonchev–Trinajstić information content (AvgIpc) is 3.28. The number of hydrogen-bond acceptors (Lipinski definition) is 4. The minimum absolute atomic E-state index is 0. The summed E-state index contributed by atoms with van der Waals surface area (Å²) in [6.07, 6.45) is 3.52. The quantitative estimate of drug-likeness (QED) is 0.670. The lowest BCUT2D eigenvalue weighted by molar-refractivity contribution is -0.123. The van der Waals surface area contributed by atoms with Crippen LogP contribution in [0.25, 0.3) is 11.0 Å². The maximum Gasteiger partial charge on any atom is 0.237 e. The molecular weight excluding hydrogens is 338 g/mol. The van der Waals surface area contributed by atoms with Crippen molar-refractivity contribution in [3.8, 4) is 0 Å². The summed E-state index contributed by atoms with van der Waals surface area (Å²) in [7, 11) is 0. The fourth-order valence-electron chi connectivity index (χ4n) is 3.23. The van der Waals surface area contributed by atoms with Gasteiger partial charge >= 0.3 is 0 Å². The van der Waals surface area contributed by atoms with Gasteiger partial charge in [-0.1, -0.05) is 30.3 Å². The van der Waals surface area contributed by atoms with E-state index in [1.54, 1.807) is 6.20 Å². The van der Waals surface area contributed by atoms with Crippen molar-refractivity contribution in [3.63, 3.8) is 0 Å². The number of nitrogens with one attached hydrogen (secondary N) is 3. The Morgan fingerprint density at radius 1 is 1.16 bits per heavy atom. The van der Waals surface area contributed by atoms with Crippen LogP contribution in [-0.2, 0) is 11.3 Å². The van der Waals surface area contributed by atoms with Crippen molar-refractivity contribution in [2.45, 2.75) is 31.5 Å². The lowest BCUT2D eigenvalue weighted by Gasteiger charge is -2.14. The molecule has 0 bridgehead atoms. The van der Waals surface area contributed by atoms with Crippen LogP contribution in [0.3, 0.4) is 0 Å². The molecule has 1 saturated heterocycles. The largest absolute Gasteiger partial charge is 0.349 e. The van der Waals surface area contributed by atoms with Crippen LogP contribution in [0, 0.1) is 0 Å². The molecule has 3 aromatic rings. The van der Waals surface area contributed by atoms with Gasteiger partial charge in [0.1, 0.15) is 0 Å². The normalized spacial score (nSPS) is 19.5. The van der Waals surface area contributed by atoms with Gasteiger partial charge in [-0.3, -0.25) is 15.2 Å². The molecule has 0 saturated carbocycles. The number of nitrogens with zero attached hydrogens (tertiary/aromatic N) is 2. The molecule has 3 heterocycles. The second-order valence-corrected chi connectivity index (χ2v) is 6.05. The molecule has 1 aliphatic rings. The summed E-state index contributed by atoms with van der Waals surface area (Å²) >= 11 is 0. The average molecular weight is 358 g/mol. The number of rotatable bonds is 4. The highest BCUT2D eigenvalue weighted by atomic mass is 35.5. The van der Waals surface area contributed by atoms with Crippen molar-refractivity contribution in [3.05, 3.63) is 59.9 Å². The molecule has 1 amide bonds. The monoisotopic (exact) mass is 357 g/mol. The number of amides is 1. The summed E-state index contributed by atoms with van der Waals surface area (Å²) in [5.74, 6) is 0.0278. The third-order valence-corrected chi connectivity index (χ3v) is 4.51. The predicted octanol–water partition coefficient (Wildman–Crippen LogP) is 2.49. The van der Waals surface area contributed by atoms with E-state index in [1.165, 1.54) is 5.56 Å². The molecule has 1 aromatic carbocycles. The Morgan fingerprint density at radius 2 is 2.00 bits per heavy atom. The van der Waals surface area contributed by atoms with Crippen molar-refractivity contribution in [2.24, 2.45) is 0 Å². The van der Waals surface area contributed by atoms with Gasteiger partial charge in [0.2, 0.25) is 5.91 Å². The van der Waals surface area contributed by atoms with E-state index in [9.17, 15) is 4.79 Å². The smallest absolute Gasteiger partial charge is 0.237 e. The van der Waals surface area contributed by atoms with E-state index in [4.69, 9.17) is 0 Å². The van der Waals surface area contributed by atoms with Crippen LogP contribution in [0.4, 0.5) is 0 Å². The van der Waals surface area contributed by atoms with Crippen LogP contribution in [0.2, 0.25) is 0 Å². The van der Waals surface area contributed by atoms with E-state index in [0.717, 1.165) is 23.9 Å². The third kappa shape index (κ3) is 3.65. The Bertz CT molecular complexity index is 851. The van der Waals surface area contributed by atoms with Crippen LogP contribution < -0.4 is 10.6 Å². The standard InChI is InChI=1S/C18H19N5O.ClH/c24-18(15-9-8-14(21-15)12-5-2-1-3-6-12)20-11-16-13-7-4-10-19-17(13)23-22-16;/h1-7,10,14-15,21H,8-9,11H2,(H,20,24)(H,19,22,23);1H/t14-,15-;/m1./s1. The first-order valence-corrected chi connectivity index (χ1v) is 8.18. The van der Waals surface area contributed by atoms with Gasteiger partial charge in [0.05, 0.1) is 18.3 Å². The van der Waals surface area contributed by atoms with E-state index >= 15 is 0 Å². The van der Waals surface area contributed by atoms with E-state index in [1.807, 2.05) is 30.3 Å². The second kappa shape index (κ2) is 7.63. The number of pyridine rings is 1. The minimum atomic E-state index is -0.150. The molecule has 1 aliphatic heterocycles. The van der Waals surface area contributed by atoms with E-state index in [2.05, 4.69) is 37.9 Å². The van der Waals surface area contributed by atoms with Gasteiger partial charge in [0.15, 0.2) is 5.65 Å². The van der Waals surface area contributed by atoms with Gasteiger partial charge in [0.25, 0.3) is 0 Å². The fourth-order valence-corrected chi connectivity index (χ4v) is 3.23. The van der Waals surface area contributed by atoms with Crippen LogP contribution >= 0.6 is 12.4 Å². The Hall–Kier alpha value is -2.44. The summed E-state index contributed by atoms with van der Waals surface area (Å²) in [6.45, 7) is 0.426. The van der Waals surface area contributed by atoms with Gasteiger partial charge in [-0.05, 0) is 30.5 Å². The fraction of sp³-hybridized carbons (Fsp3) is 0.278. The van der Waals surface area contributed by atoms with Crippen molar-refractivity contribution in [1.82, 2.24) is 25.8 Å². The molecule has 7 heteroatoms. The molecule has 0 unspecified atom stereocenters. The molecule has 1 fully saturated rings.